The molecule has 3 aromatic rings. The Morgan fingerprint density at radius 2 is 1.97 bits per heavy atom. The minimum atomic E-state index is -0.0702. The number of nitrogens with one attached hydrogen (secondary N) is 2. The van der Waals surface area contributed by atoms with Crippen LogP contribution in [0, 0.1) is 0 Å². The molecule has 0 radical (unpaired) electrons. The molecule has 2 atom stereocenters. The van der Waals surface area contributed by atoms with E-state index < -0.39 is 0 Å². The number of piperidine rings is 1. The van der Waals surface area contributed by atoms with E-state index in [-0.39, 0.29) is 5.91 Å². The molecule has 2 aliphatic rings. The molecule has 6 nitrogen and oxygen atoms in total. The van der Waals surface area contributed by atoms with E-state index in [0.717, 1.165) is 30.5 Å². The van der Waals surface area contributed by atoms with Crippen LogP contribution in [0.1, 0.15) is 42.2 Å². The lowest BCUT2D eigenvalue weighted by Gasteiger charge is -2.54. The second-order valence-electron chi connectivity index (χ2n) is 8.73. The molecule has 5 rings (SSSR count). The summed E-state index contributed by atoms with van der Waals surface area (Å²) >= 11 is 0. The van der Waals surface area contributed by atoms with Gasteiger partial charge in [-0.1, -0.05) is 12.1 Å². The van der Waals surface area contributed by atoms with E-state index in [1.807, 2.05) is 18.3 Å². The fraction of sp³-hybridized carbons (Fsp3) is 0.417. The molecule has 1 aromatic carbocycles. The molecule has 156 valence electrons. The van der Waals surface area contributed by atoms with Crippen molar-refractivity contribution in [2.75, 3.05) is 24.5 Å². The maximum absolute atomic E-state index is 12.6. The van der Waals surface area contributed by atoms with E-state index in [0.29, 0.717) is 30.2 Å². The number of aromatic nitrogens is 2. The van der Waals surface area contributed by atoms with Crippen molar-refractivity contribution >= 4 is 22.6 Å². The van der Waals surface area contributed by atoms with Crippen LogP contribution in [0.5, 0.6) is 0 Å². The molecule has 4 heterocycles. The number of hydrogen-bond donors (Lipinski definition) is 2. The van der Waals surface area contributed by atoms with Gasteiger partial charge in [-0.15, -0.1) is 0 Å². The zero-order valence-corrected chi connectivity index (χ0v) is 17.6. The van der Waals surface area contributed by atoms with Crippen molar-refractivity contribution in [3.8, 4) is 0 Å². The molecule has 30 heavy (non-hydrogen) atoms. The van der Waals surface area contributed by atoms with Gasteiger partial charge in [0.05, 0.1) is 5.56 Å². The van der Waals surface area contributed by atoms with Gasteiger partial charge in [0, 0.05) is 61.2 Å². The summed E-state index contributed by atoms with van der Waals surface area (Å²) in [6, 6.07) is 14.4. The standard InChI is InChI=1S/C24H29N5O/c1-16(2)28-10-8-18-11-19(13-27-23(18)28)24(30)26-9-7-17-3-5-20(6-4-17)29-21-12-22(29)15-25-14-21/h3-6,8,10-11,13,16,21-22,25H,7,9,12,14-15H2,1-2H3,(H,26,30). The van der Waals surface area contributed by atoms with Crippen molar-refractivity contribution in [1.82, 2.24) is 20.2 Å². The largest absolute Gasteiger partial charge is 0.363 e. The lowest BCUT2D eigenvalue weighted by atomic mass is 9.88. The number of nitrogens with zero attached hydrogens (tertiary/aromatic N) is 3. The number of pyridine rings is 1. The third-order valence-electron chi connectivity index (χ3n) is 6.40. The molecule has 2 saturated heterocycles. The molecule has 2 N–H and O–H groups in total. The van der Waals surface area contributed by atoms with E-state index in [9.17, 15) is 4.79 Å². The predicted molar refractivity (Wildman–Crippen MR) is 120 cm³/mol. The zero-order valence-electron chi connectivity index (χ0n) is 17.6. The number of fused-ring (bicyclic) bond motifs is 3. The van der Waals surface area contributed by atoms with Gasteiger partial charge < -0.3 is 20.1 Å². The van der Waals surface area contributed by atoms with Crippen molar-refractivity contribution in [2.24, 2.45) is 0 Å². The Balaban J connectivity index is 1.17. The van der Waals surface area contributed by atoms with Gasteiger partial charge in [-0.05, 0) is 56.5 Å². The van der Waals surface area contributed by atoms with Gasteiger partial charge in [-0.2, -0.15) is 0 Å². The Morgan fingerprint density at radius 1 is 1.20 bits per heavy atom. The van der Waals surface area contributed by atoms with Crippen molar-refractivity contribution in [3.05, 3.63) is 59.9 Å². The molecule has 2 bridgehead atoms. The number of carbonyl (C=O) groups excluding carboxylic acids is 1. The second-order valence-corrected chi connectivity index (χ2v) is 8.73. The van der Waals surface area contributed by atoms with Crippen LogP contribution in [-0.4, -0.2) is 47.2 Å². The van der Waals surface area contributed by atoms with Crippen molar-refractivity contribution < 1.29 is 4.79 Å². The minimum Gasteiger partial charge on any atom is -0.363 e. The monoisotopic (exact) mass is 403 g/mol. The normalized spacial score (nSPS) is 20.4. The fourth-order valence-electron chi connectivity index (χ4n) is 4.75. The van der Waals surface area contributed by atoms with E-state index in [2.05, 4.69) is 63.2 Å². The van der Waals surface area contributed by atoms with Crippen LogP contribution in [0.4, 0.5) is 5.69 Å². The average Bonchev–Trinajstić information content (AvgIpc) is 3.19. The predicted octanol–water partition coefficient (Wildman–Crippen LogP) is 3.14. The third kappa shape index (κ3) is 3.45. The Labute approximate surface area is 177 Å². The van der Waals surface area contributed by atoms with Gasteiger partial charge in [-0.3, -0.25) is 4.79 Å². The van der Waals surface area contributed by atoms with Crippen molar-refractivity contribution in [3.63, 3.8) is 0 Å². The number of benzene rings is 1. The summed E-state index contributed by atoms with van der Waals surface area (Å²) in [5.41, 5.74) is 4.09. The molecule has 0 aliphatic carbocycles. The highest BCUT2D eigenvalue weighted by atomic mass is 16.1. The maximum Gasteiger partial charge on any atom is 0.252 e. The van der Waals surface area contributed by atoms with E-state index in [1.165, 1.54) is 17.7 Å². The summed E-state index contributed by atoms with van der Waals surface area (Å²) < 4.78 is 2.12. The SMILES string of the molecule is CC(C)n1ccc2cc(C(=O)NCCc3ccc(N4C5CNCC4C5)cc3)cnc21. The van der Waals surface area contributed by atoms with E-state index in [4.69, 9.17) is 0 Å². The maximum atomic E-state index is 12.6. The quantitative estimate of drug-likeness (QED) is 0.664. The highest BCUT2D eigenvalue weighted by Crippen LogP contribution is 2.34. The second kappa shape index (κ2) is 7.76. The van der Waals surface area contributed by atoms with Crippen LogP contribution in [0.15, 0.2) is 48.8 Å². The molecule has 2 unspecified atom stereocenters. The Kier molecular flexibility index (Phi) is 4.95. The van der Waals surface area contributed by atoms with Crippen molar-refractivity contribution in [2.45, 2.75) is 44.8 Å². The average molecular weight is 404 g/mol. The zero-order chi connectivity index (χ0) is 20.7. The molecular formula is C24H29N5O. The van der Waals surface area contributed by atoms with Crippen LogP contribution in [0.25, 0.3) is 11.0 Å². The number of amides is 1. The highest BCUT2D eigenvalue weighted by molar-refractivity contribution is 5.97. The molecule has 2 fully saturated rings. The van der Waals surface area contributed by atoms with Gasteiger partial charge >= 0.3 is 0 Å². The number of piperazine rings is 1. The summed E-state index contributed by atoms with van der Waals surface area (Å²) in [6.07, 6.45) is 5.82. The van der Waals surface area contributed by atoms with Gasteiger partial charge in [0.15, 0.2) is 0 Å². The van der Waals surface area contributed by atoms with Gasteiger partial charge in [0.25, 0.3) is 5.91 Å². The van der Waals surface area contributed by atoms with Crippen LogP contribution in [-0.2, 0) is 6.42 Å². The van der Waals surface area contributed by atoms with Crippen LogP contribution >= 0.6 is 0 Å². The van der Waals surface area contributed by atoms with E-state index in [1.54, 1.807) is 6.20 Å². The van der Waals surface area contributed by atoms with Gasteiger partial charge in [-0.25, -0.2) is 4.98 Å². The first-order valence-corrected chi connectivity index (χ1v) is 10.9. The summed E-state index contributed by atoms with van der Waals surface area (Å²) in [6.45, 7) is 7.05. The van der Waals surface area contributed by atoms with Crippen molar-refractivity contribution in [1.29, 1.82) is 0 Å². The number of rotatable bonds is 6. The highest BCUT2D eigenvalue weighted by Gasteiger charge is 2.41. The topological polar surface area (TPSA) is 62.2 Å². The Bertz CT molecular complexity index is 1040. The third-order valence-corrected chi connectivity index (χ3v) is 6.40. The summed E-state index contributed by atoms with van der Waals surface area (Å²) in [7, 11) is 0. The van der Waals surface area contributed by atoms with E-state index >= 15 is 0 Å². The Hall–Kier alpha value is -2.86. The fourth-order valence-corrected chi connectivity index (χ4v) is 4.75. The smallest absolute Gasteiger partial charge is 0.252 e. The molecule has 2 aliphatic heterocycles. The molecule has 2 aromatic heterocycles. The Morgan fingerprint density at radius 3 is 2.67 bits per heavy atom. The van der Waals surface area contributed by atoms with Crippen LogP contribution < -0.4 is 15.5 Å². The van der Waals surface area contributed by atoms with Crippen LogP contribution in [0.3, 0.4) is 0 Å². The number of carbonyl (C=O) groups is 1. The molecule has 6 heteroatoms. The minimum absolute atomic E-state index is 0.0702. The van der Waals surface area contributed by atoms with Gasteiger partial charge in [0.1, 0.15) is 5.65 Å². The first kappa shape index (κ1) is 19.1. The molecule has 1 amide bonds. The lowest BCUT2D eigenvalue weighted by molar-refractivity contribution is 0.0954. The summed E-state index contributed by atoms with van der Waals surface area (Å²) in [4.78, 5) is 19.6. The molecule has 0 saturated carbocycles. The lowest BCUT2D eigenvalue weighted by Crippen LogP contribution is -2.68. The van der Waals surface area contributed by atoms with Crippen LogP contribution in [0.2, 0.25) is 0 Å². The number of hydrogen-bond acceptors (Lipinski definition) is 4. The summed E-state index contributed by atoms with van der Waals surface area (Å²) in [5, 5.41) is 7.50. The van der Waals surface area contributed by atoms with Gasteiger partial charge in [0.2, 0.25) is 0 Å². The first-order chi connectivity index (χ1) is 14.6. The number of anilines is 1. The molecular weight excluding hydrogens is 374 g/mol. The summed E-state index contributed by atoms with van der Waals surface area (Å²) in [5.74, 6) is -0.0702. The molecule has 0 spiro atoms. The first-order valence-electron chi connectivity index (χ1n) is 10.9.